The van der Waals surface area contributed by atoms with Crippen molar-refractivity contribution in [2.45, 2.75) is 13.5 Å². The molecule has 0 saturated carbocycles. The molecule has 9 nitrogen and oxygen atoms in total. The Kier molecular flexibility index (Phi) is 6.83. The predicted molar refractivity (Wildman–Crippen MR) is 123 cm³/mol. The molecule has 2 aromatic heterocycles. The number of methoxy groups -OCH3 is 1. The smallest absolute Gasteiger partial charge is 0.268 e. The number of amides is 2. The fourth-order valence-electron chi connectivity index (χ4n) is 3.09. The molecular weight excluding hydrogens is 436 g/mol. The van der Waals surface area contributed by atoms with E-state index in [1.807, 2.05) is 31.2 Å². The van der Waals surface area contributed by atoms with Crippen LogP contribution in [0.4, 0.5) is 0 Å². The van der Waals surface area contributed by atoms with Crippen LogP contribution in [0.3, 0.4) is 0 Å². The third kappa shape index (κ3) is 5.57. The number of ether oxygens (including phenoxy) is 1. The van der Waals surface area contributed by atoms with E-state index >= 15 is 0 Å². The maximum absolute atomic E-state index is 12.9. The van der Waals surface area contributed by atoms with E-state index in [-0.39, 0.29) is 18.1 Å². The number of rotatable bonds is 8. The molecule has 2 heterocycles. The average Bonchev–Trinajstić information content (AvgIpc) is 3.54. The zero-order valence-electron chi connectivity index (χ0n) is 18.6. The maximum Gasteiger partial charge on any atom is 0.268 e. The minimum atomic E-state index is -0.548. The molecule has 4 aromatic rings. The van der Waals surface area contributed by atoms with E-state index in [1.54, 1.807) is 36.4 Å². The Morgan fingerprint density at radius 1 is 1.09 bits per heavy atom. The molecule has 0 unspecified atom stereocenters. The quantitative estimate of drug-likeness (QED) is 0.386. The second-order valence-electron chi connectivity index (χ2n) is 7.32. The first-order valence-corrected chi connectivity index (χ1v) is 10.4. The number of carbonyl (C=O) groups excluding carboxylic acids is 2. The second-order valence-corrected chi connectivity index (χ2v) is 7.32. The number of benzene rings is 2. The van der Waals surface area contributed by atoms with E-state index in [0.29, 0.717) is 22.9 Å². The highest BCUT2D eigenvalue weighted by atomic mass is 16.5. The number of nitrogens with one attached hydrogen (secondary N) is 2. The molecule has 2 N–H and O–H groups in total. The van der Waals surface area contributed by atoms with Crippen LogP contribution in [-0.4, -0.2) is 29.1 Å². The van der Waals surface area contributed by atoms with Crippen molar-refractivity contribution >= 4 is 17.9 Å². The third-order valence-electron chi connectivity index (χ3n) is 4.82. The Balaban J connectivity index is 1.46. The Morgan fingerprint density at radius 3 is 2.62 bits per heavy atom. The highest BCUT2D eigenvalue weighted by Gasteiger charge is 2.17. The van der Waals surface area contributed by atoms with Gasteiger partial charge in [-0.05, 0) is 49.4 Å². The molecule has 4 rings (SSSR count). The lowest BCUT2D eigenvalue weighted by Crippen LogP contribution is -2.34. The third-order valence-corrected chi connectivity index (χ3v) is 4.82. The summed E-state index contributed by atoms with van der Waals surface area (Å²) in [5.74, 6) is 0.657. The van der Waals surface area contributed by atoms with Crippen LogP contribution in [0.2, 0.25) is 0 Å². The molecule has 2 amide bonds. The summed E-state index contributed by atoms with van der Waals surface area (Å²) in [4.78, 5) is 29.9. The first-order chi connectivity index (χ1) is 16.5. The summed E-state index contributed by atoms with van der Waals surface area (Å²) < 4.78 is 15.7. The van der Waals surface area contributed by atoms with Crippen molar-refractivity contribution < 1.29 is 23.3 Å². The monoisotopic (exact) mass is 458 g/mol. The molecule has 0 fully saturated rings. The lowest BCUT2D eigenvalue weighted by Gasteiger charge is -2.10. The summed E-state index contributed by atoms with van der Waals surface area (Å²) in [7, 11) is 1.54. The van der Waals surface area contributed by atoms with E-state index in [2.05, 4.69) is 20.8 Å². The van der Waals surface area contributed by atoms with Crippen LogP contribution in [0.5, 0.6) is 5.75 Å². The van der Waals surface area contributed by atoms with E-state index < -0.39 is 11.8 Å². The first kappa shape index (κ1) is 22.5. The Bertz CT molecular complexity index is 1310. The maximum atomic E-state index is 12.9. The standard InChI is InChI=1S/C25H22N4O5/c1-16-5-3-6-18(13-16)23-28-22(34-29-23)15-26-25(31)21(14-20-7-4-12-33-20)27-24(30)17-8-10-19(32-2)11-9-17/h3-14H,15H2,1-2H3,(H,26,31)(H,27,30)/b21-14-. The predicted octanol–water partition coefficient (Wildman–Crippen LogP) is 3.73. The number of hydrogen-bond acceptors (Lipinski definition) is 7. The molecule has 9 heteroatoms. The van der Waals surface area contributed by atoms with E-state index in [9.17, 15) is 9.59 Å². The van der Waals surface area contributed by atoms with Gasteiger partial charge in [-0.1, -0.05) is 28.9 Å². The summed E-state index contributed by atoms with van der Waals surface area (Å²) in [5, 5.41) is 9.27. The van der Waals surface area contributed by atoms with Crippen molar-refractivity contribution in [1.29, 1.82) is 0 Å². The van der Waals surface area contributed by atoms with Gasteiger partial charge in [-0.2, -0.15) is 4.98 Å². The normalized spacial score (nSPS) is 11.2. The van der Waals surface area contributed by atoms with Gasteiger partial charge in [-0.15, -0.1) is 0 Å². The van der Waals surface area contributed by atoms with Gasteiger partial charge in [0, 0.05) is 17.2 Å². The van der Waals surface area contributed by atoms with Gasteiger partial charge in [0.1, 0.15) is 17.2 Å². The minimum Gasteiger partial charge on any atom is -0.497 e. The van der Waals surface area contributed by atoms with Gasteiger partial charge in [0.05, 0.1) is 19.9 Å². The van der Waals surface area contributed by atoms with Crippen molar-refractivity contribution in [3.63, 3.8) is 0 Å². The number of nitrogens with zero attached hydrogens (tertiary/aromatic N) is 2. The molecule has 2 aromatic carbocycles. The van der Waals surface area contributed by atoms with Crippen LogP contribution >= 0.6 is 0 Å². The zero-order valence-corrected chi connectivity index (χ0v) is 18.6. The van der Waals surface area contributed by atoms with Crippen molar-refractivity contribution in [3.05, 3.63) is 95.4 Å². The average molecular weight is 458 g/mol. The number of furan rings is 1. The van der Waals surface area contributed by atoms with Crippen molar-refractivity contribution in [1.82, 2.24) is 20.8 Å². The molecule has 0 atom stereocenters. The van der Waals surface area contributed by atoms with Crippen LogP contribution in [-0.2, 0) is 11.3 Å². The van der Waals surface area contributed by atoms with Crippen LogP contribution in [0.1, 0.15) is 27.6 Å². The largest absolute Gasteiger partial charge is 0.497 e. The Labute approximate surface area is 195 Å². The molecule has 0 radical (unpaired) electrons. The van der Waals surface area contributed by atoms with Gasteiger partial charge in [0.15, 0.2) is 0 Å². The molecule has 172 valence electrons. The Morgan fingerprint density at radius 2 is 1.91 bits per heavy atom. The highest BCUT2D eigenvalue weighted by molar-refractivity contribution is 6.05. The van der Waals surface area contributed by atoms with Crippen LogP contribution in [0.15, 0.2) is 81.6 Å². The highest BCUT2D eigenvalue weighted by Crippen LogP contribution is 2.17. The number of hydrogen-bond donors (Lipinski definition) is 2. The molecule has 0 aliphatic heterocycles. The molecule has 0 spiro atoms. The van der Waals surface area contributed by atoms with Gasteiger partial charge >= 0.3 is 0 Å². The summed E-state index contributed by atoms with van der Waals surface area (Å²) in [6.45, 7) is 1.95. The van der Waals surface area contributed by atoms with Gasteiger partial charge in [-0.25, -0.2) is 0 Å². The first-order valence-electron chi connectivity index (χ1n) is 10.4. The summed E-state index contributed by atoms with van der Waals surface area (Å²) in [6.07, 6.45) is 2.90. The zero-order chi connectivity index (χ0) is 23.9. The topological polar surface area (TPSA) is 119 Å². The lowest BCUT2D eigenvalue weighted by atomic mass is 10.1. The van der Waals surface area contributed by atoms with Crippen LogP contribution in [0, 0.1) is 6.92 Å². The van der Waals surface area contributed by atoms with Crippen LogP contribution in [0.25, 0.3) is 17.5 Å². The van der Waals surface area contributed by atoms with Crippen LogP contribution < -0.4 is 15.4 Å². The molecule has 0 aliphatic rings. The fourth-order valence-corrected chi connectivity index (χ4v) is 3.09. The Hall–Kier alpha value is -4.66. The molecular formula is C25H22N4O5. The summed E-state index contributed by atoms with van der Waals surface area (Å²) >= 11 is 0. The number of aromatic nitrogens is 2. The molecule has 0 saturated heterocycles. The van der Waals surface area contributed by atoms with Gasteiger partial charge in [0.2, 0.25) is 11.7 Å². The van der Waals surface area contributed by atoms with Gasteiger partial charge in [0.25, 0.3) is 11.8 Å². The minimum absolute atomic E-state index is 0.00538. The van der Waals surface area contributed by atoms with Crippen molar-refractivity contribution in [3.8, 4) is 17.1 Å². The van der Waals surface area contributed by atoms with Crippen molar-refractivity contribution in [2.75, 3.05) is 7.11 Å². The summed E-state index contributed by atoms with van der Waals surface area (Å²) in [6, 6.07) is 17.5. The van der Waals surface area contributed by atoms with Gasteiger partial charge < -0.3 is 24.3 Å². The van der Waals surface area contributed by atoms with Gasteiger partial charge in [-0.3, -0.25) is 9.59 Å². The lowest BCUT2D eigenvalue weighted by molar-refractivity contribution is -0.118. The van der Waals surface area contributed by atoms with E-state index in [1.165, 1.54) is 19.4 Å². The van der Waals surface area contributed by atoms with E-state index in [4.69, 9.17) is 13.7 Å². The molecule has 0 bridgehead atoms. The SMILES string of the molecule is COc1ccc(C(=O)N/C(=C\c2ccco2)C(=O)NCc2nc(-c3cccc(C)c3)no2)cc1. The summed E-state index contributed by atoms with van der Waals surface area (Å²) in [5.41, 5.74) is 2.23. The molecule has 34 heavy (non-hydrogen) atoms. The van der Waals surface area contributed by atoms with Crippen molar-refractivity contribution in [2.24, 2.45) is 0 Å². The van der Waals surface area contributed by atoms with E-state index in [0.717, 1.165) is 11.1 Å². The fraction of sp³-hybridized carbons (Fsp3) is 0.120. The number of aryl methyl sites for hydroxylation is 1. The second kappa shape index (κ2) is 10.3. The number of carbonyl (C=O) groups is 2. The molecule has 0 aliphatic carbocycles.